The summed E-state index contributed by atoms with van der Waals surface area (Å²) >= 11 is 0. The lowest BCUT2D eigenvalue weighted by Gasteiger charge is -2.33. The van der Waals surface area contributed by atoms with Gasteiger partial charge in [-0.25, -0.2) is 0 Å². The van der Waals surface area contributed by atoms with Crippen molar-refractivity contribution < 1.29 is 0 Å². The lowest BCUT2D eigenvalue weighted by atomic mass is 9.72. The van der Waals surface area contributed by atoms with Crippen LogP contribution in [0.3, 0.4) is 0 Å². The Hall–Kier alpha value is -2.34. The van der Waals surface area contributed by atoms with Crippen LogP contribution in [-0.2, 0) is 0 Å². The Morgan fingerprint density at radius 1 is 0.583 bits per heavy atom. The molecule has 0 unspecified atom stereocenters. The summed E-state index contributed by atoms with van der Waals surface area (Å²) in [6.07, 6.45) is 30.1. The minimum absolute atomic E-state index is 0.295. The van der Waals surface area contributed by atoms with E-state index in [1.54, 1.807) is 11.1 Å². The van der Waals surface area contributed by atoms with E-state index in [0.29, 0.717) is 10.8 Å². The smallest absolute Gasteiger partial charge is 0.0104 e. The maximum absolute atomic E-state index is 2.38. The largest absolute Gasteiger partial charge is 0.0696 e. The van der Waals surface area contributed by atoms with E-state index in [2.05, 4.69) is 130 Å². The second-order valence-corrected chi connectivity index (χ2v) is 12.4. The van der Waals surface area contributed by atoms with Gasteiger partial charge in [0.05, 0.1) is 0 Å². The van der Waals surface area contributed by atoms with Crippen molar-refractivity contribution in [1.82, 2.24) is 0 Å². The molecule has 196 valence electrons. The van der Waals surface area contributed by atoms with Gasteiger partial charge in [0.1, 0.15) is 0 Å². The normalized spacial score (nSPS) is 22.6. The fourth-order valence-electron chi connectivity index (χ4n) is 5.51. The van der Waals surface area contributed by atoms with Gasteiger partial charge in [0.2, 0.25) is 0 Å². The van der Waals surface area contributed by atoms with Crippen LogP contribution >= 0.6 is 0 Å². The van der Waals surface area contributed by atoms with Crippen LogP contribution in [0.5, 0.6) is 0 Å². The molecule has 0 spiro atoms. The lowest BCUT2D eigenvalue weighted by molar-refractivity contribution is 0.376. The second kappa shape index (κ2) is 13.3. The van der Waals surface area contributed by atoms with Gasteiger partial charge in [-0.2, -0.15) is 0 Å². The van der Waals surface area contributed by atoms with Crippen molar-refractivity contribution in [3.8, 4) is 0 Å². The van der Waals surface area contributed by atoms with Crippen molar-refractivity contribution in [2.75, 3.05) is 0 Å². The van der Waals surface area contributed by atoms with E-state index in [1.807, 2.05) is 0 Å². The summed E-state index contributed by atoms with van der Waals surface area (Å²) in [5.74, 6) is 0. The Bertz CT molecular complexity index is 975. The van der Waals surface area contributed by atoms with E-state index in [0.717, 1.165) is 0 Å². The predicted molar refractivity (Wildman–Crippen MR) is 163 cm³/mol. The molecule has 0 bridgehead atoms. The summed E-state index contributed by atoms with van der Waals surface area (Å²) in [7, 11) is 0. The highest BCUT2D eigenvalue weighted by Gasteiger charge is 2.27. The first kappa shape index (κ1) is 29.9. The fraction of sp³-hybridized carbons (Fsp3) is 0.500. The molecule has 0 N–H and O–H groups in total. The van der Waals surface area contributed by atoms with Gasteiger partial charge < -0.3 is 0 Å². The summed E-state index contributed by atoms with van der Waals surface area (Å²) in [5, 5.41) is 0. The molecule has 0 heterocycles. The van der Waals surface area contributed by atoms with E-state index in [1.165, 1.54) is 72.0 Å². The van der Waals surface area contributed by atoms with Crippen LogP contribution in [0.25, 0.3) is 0 Å². The molecule has 0 heteroatoms. The maximum Gasteiger partial charge on any atom is -0.0104 e. The third kappa shape index (κ3) is 8.95. The van der Waals surface area contributed by atoms with Crippen molar-refractivity contribution in [3.63, 3.8) is 0 Å². The molecule has 0 amide bonds. The number of hydrogen-bond donors (Lipinski definition) is 0. The number of hydrogen-bond acceptors (Lipinski definition) is 0. The van der Waals surface area contributed by atoms with E-state index < -0.39 is 0 Å². The Morgan fingerprint density at radius 2 is 0.944 bits per heavy atom. The molecule has 0 atom stereocenters. The quantitative estimate of drug-likeness (QED) is 0.300. The summed E-state index contributed by atoms with van der Waals surface area (Å²) in [4.78, 5) is 0. The molecule has 0 fully saturated rings. The van der Waals surface area contributed by atoms with Crippen LogP contribution in [0, 0.1) is 10.8 Å². The molecule has 0 radical (unpaired) electrons. The predicted octanol–water partition coefficient (Wildman–Crippen LogP) is 11.5. The first-order valence-corrected chi connectivity index (χ1v) is 14.0. The highest BCUT2D eigenvalue weighted by Crippen LogP contribution is 2.41. The van der Waals surface area contributed by atoms with Gasteiger partial charge in [0.15, 0.2) is 0 Å². The van der Waals surface area contributed by atoms with Crippen LogP contribution in [0.4, 0.5) is 0 Å². The monoisotopic (exact) mass is 484 g/mol. The van der Waals surface area contributed by atoms with Gasteiger partial charge in [-0.1, -0.05) is 111 Å². The molecular weight excluding hydrogens is 432 g/mol. The molecule has 0 aromatic heterocycles. The summed E-state index contributed by atoms with van der Waals surface area (Å²) < 4.78 is 0. The van der Waals surface area contributed by atoms with Gasteiger partial charge in [0.25, 0.3) is 0 Å². The van der Waals surface area contributed by atoms with Crippen LogP contribution < -0.4 is 0 Å². The average Bonchev–Trinajstić information content (AvgIpc) is 2.77. The third-order valence-electron chi connectivity index (χ3n) is 8.14. The lowest BCUT2D eigenvalue weighted by Crippen LogP contribution is -2.19. The van der Waals surface area contributed by atoms with Crippen LogP contribution in [0.1, 0.15) is 108 Å². The van der Waals surface area contributed by atoms with E-state index in [9.17, 15) is 0 Å². The minimum Gasteiger partial charge on any atom is -0.0696 e. The molecule has 0 saturated heterocycles. The summed E-state index contributed by atoms with van der Waals surface area (Å²) in [6, 6.07) is 0. The number of rotatable bonds is 8. The first-order valence-electron chi connectivity index (χ1n) is 14.0. The molecular formula is C36H52. The molecule has 0 saturated carbocycles. The Kier molecular flexibility index (Phi) is 11.0. The fourth-order valence-corrected chi connectivity index (χ4v) is 5.51. The van der Waals surface area contributed by atoms with Gasteiger partial charge in [0, 0.05) is 0 Å². The highest BCUT2D eigenvalue weighted by molar-refractivity contribution is 5.39. The van der Waals surface area contributed by atoms with Crippen molar-refractivity contribution in [2.24, 2.45) is 10.8 Å². The zero-order valence-corrected chi connectivity index (χ0v) is 25.0. The SMILES string of the molecule is CC1=C(/C=C/C(C)=C/C=C/C(C)=C(C)/C=C/C=C(C)/C=C/C2=C(C)CCCC2(C)C)C(C)(C)CCC1. The third-order valence-corrected chi connectivity index (χ3v) is 8.14. The molecule has 36 heavy (non-hydrogen) atoms. The topological polar surface area (TPSA) is 0 Å². The average molecular weight is 485 g/mol. The molecule has 0 nitrogen and oxygen atoms in total. The summed E-state index contributed by atoms with van der Waals surface area (Å²) in [6.45, 7) is 22.8. The standard InChI is InChI=1S/C36H52/c1-27(21-23-33-31(5)19-13-25-35(33,7)8)15-11-17-29(3)30(4)18-12-16-28(2)22-24-34-32(6)20-14-26-36(34,9)10/h11-12,15-18,21-24H,13-14,19-20,25-26H2,1-10H3/b17-11+,18-12+,23-21+,24-22+,27-15+,28-16+,30-29+. The Balaban J connectivity index is 2.00. The Labute approximate surface area is 223 Å². The molecule has 2 aliphatic rings. The first-order chi connectivity index (χ1) is 16.8. The molecule has 2 aliphatic carbocycles. The van der Waals surface area contributed by atoms with Crippen LogP contribution in [0.15, 0.2) is 105 Å². The van der Waals surface area contributed by atoms with Gasteiger partial charge >= 0.3 is 0 Å². The van der Waals surface area contributed by atoms with E-state index in [-0.39, 0.29) is 0 Å². The molecule has 0 aromatic carbocycles. The molecule has 0 aromatic rings. The van der Waals surface area contributed by atoms with Crippen molar-refractivity contribution >= 4 is 0 Å². The van der Waals surface area contributed by atoms with Gasteiger partial charge in [-0.15, -0.1) is 0 Å². The van der Waals surface area contributed by atoms with Crippen LogP contribution in [-0.4, -0.2) is 0 Å². The number of allylic oxidation sites excluding steroid dienone is 18. The Morgan fingerprint density at radius 3 is 1.28 bits per heavy atom. The minimum atomic E-state index is 0.295. The molecule has 2 rings (SSSR count). The highest BCUT2D eigenvalue weighted by atomic mass is 14.3. The van der Waals surface area contributed by atoms with Gasteiger partial charge in [-0.05, 0) is 113 Å². The van der Waals surface area contributed by atoms with E-state index >= 15 is 0 Å². The maximum atomic E-state index is 2.38. The molecule has 0 aliphatic heterocycles. The van der Waals surface area contributed by atoms with Crippen LogP contribution in [0.2, 0.25) is 0 Å². The van der Waals surface area contributed by atoms with Crippen molar-refractivity contribution in [1.29, 1.82) is 0 Å². The second-order valence-electron chi connectivity index (χ2n) is 12.4. The van der Waals surface area contributed by atoms with Gasteiger partial charge in [-0.3, -0.25) is 0 Å². The van der Waals surface area contributed by atoms with E-state index in [4.69, 9.17) is 0 Å². The summed E-state index contributed by atoms with van der Waals surface area (Å²) in [5.41, 5.74) is 11.9. The van der Waals surface area contributed by atoms with Crippen molar-refractivity contribution in [3.05, 3.63) is 105 Å². The zero-order valence-electron chi connectivity index (χ0n) is 25.0. The van der Waals surface area contributed by atoms with Crippen molar-refractivity contribution in [2.45, 2.75) is 108 Å². The zero-order chi connectivity index (χ0) is 26.9.